The van der Waals surface area contributed by atoms with E-state index < -0.39 is 81.3 Å². The van der Waals surface area contributed by atoms with E-state index in [4.69, 9.17) is 28.3 Å². The summed E-state index contributed by atoms with van der Waals surface area (Å²) >= 11 is 0. The summed E-state index contributed by atoms with van der Waals surface area (Å²) in [6.07, 6.45) is -1.22. The Balaban J connectivity index is 2.89. The quantitative estimate of drug-likeness (QED) is 0.127. The van der Waals surface area contributed by atoms with Gasteiger partial charge in [0.05, 0.1) is 17.9 Å². The Morgan fingerprint density at radius 3 is 2.23 bits per heavy atom. The summed E-state index contributed by atoms with van der Waals surface area (Å²) in [5.74, 6) is -1.87. The number of fused-ring (bicyclic) bond motifs is 2. The van der Waals surface area contributed by atoms with Gasteiger partial charge in [-0.3, -0.25) is 13.9 Å². The molecular weight excluding hydrogens is 729 g/mol. The zero-order valence-corrected chi connectivity index (χ0v) is 32.1. The third-order valence-corrected chi connectivity index (χ3v) is 9.24. The first-order valence-corrected chi connectivity index (χ1v) is 19.0. The SMILES string of the molecule is CO[C@H]1/C=C/C=C(/C)C(=O)NC2=CC(OS(=O)(=O)O)C(NCCN(C)C)=C(C[C@@H](C)C[C@H](OC)[C@H](O)[C@@H](C)/C=C(\C)[C@H]1OC(N)=O)C2OS(=O)(=O)O. The summed E-state index contributed by atoms with van der Waals surface area (Å²) in [6.45, 7) is 7.15. The normalized spacial score (nSPS) is 31.5. The second-order valence-electron chi connectivity index (χ2n) is 13.0. The second-order valence-corrected chi connectivity index (χ2v) is 15.1. The van der Waals surface area contributed by atoms with Crippen LogP contribution in [0.1, 0.15) is 40.5 Å². The van der Waals surface area contributed by atoms with Crippen LogP contribution in [0.15, 0.2) is 58.5 Å². The third kappa shape index (κ3) is 14.3. The summed E-state index contributed by atoms with van der Waals surface area (Å²) < 4.78 is 94.9. The number of likely N-dealkylation sites (N-methyl/N-ethyl adjacent to an activating group) is 1. The molecular formula is C32H52N4O14S2. The van der Waals surface area contributed by atoms with Crippen LogP contribution in [0.4, 0.5) is 4.79 Å². The van der Waals surface area contributed by atoms with E-state index in [2.05, 4.69) is 10.6 Å². The van der Waals surface area contributed by atoms with Crippen LogP contribution in [0.25, 0.3) is 0 Å². The number of hydrogen-bond acceptors (Lipinski definition) is 14. The minimum absolute atomic E-state index is 0.00777. The molecule has 52 heavy (non-hydrogen) atoms. The summed E-state index contributed by atoms with van der Waals surface area (Å²) in [5.41, 5.74) is 5.62. The van der Waals surface area contributed by atoms with Crippen LogP contribution in [-0.4, -0.2) is 126 Å². The highest BCUT2D eigenvalue weighted by Gasteiger charge is 2.39. The van der Waals surface area contributed by atoms with Gasteiger partial charge >= 0.3 is 26.9 Å². The van der Waals surface area contributed by atoms with Crippen molar-refractivity contribution >= 4 is 32.8 Å². The molecule has 0 fully saturated rings. The highest BCUT2D eigenvalue weighted by atomic mass is 32.3. The van der Waals surface area contributed by atoms with Gasteiger partial charge in [-0.05, 0) is 63.9 Å². The van der Waals surface area contributed by atoms with Crippen LogP contribution in [0.3, 0.4) is 0 Å². The summed E-state index contributed by atoms with van der Waals surface area (Å²) in [6, 6.07) is 0. The smallest absolute Gasteiger partial charge is 0.405 e. The van der Waals surface area contributed by atoms with Gasteiger partial charge in [0.15, 0.2) is 6.10 Å². The molecule has 0 spiro atoms. The van der Waals surface area contributed by atoms with E-state index >= 15 is 0 Å². The van der Waals surface area contributed by atoms with Crippen molar-refractivity contribution in [1.82, 2.24) is 15.5 Å². The average molecular weight is 781 g/mol. The average Bonchev–Trinajstić information content (AvgIpc) is 3.01. The molecule has 0 saturated carbocycles. The topological polar surface area (TPSA) is 263 Å². The minimum atomic E-state index is -5.21. The van der Waals surface area contributed by atoms with Crippen molar-refractivity contribution in [3.63, 3.8) is 0 Å². The highest BCUT2D eigenvalue weighted by Crippen LogP contribution is 2.35. The molecule has 2 bridgehead atoms. The number of methoxy groups -OCH3 is 2. The maximum absolute atomic E-state index is 13.5. The number of carbonyl (C=O) groups excluding carboxylic acids is 2. The van der Waals surface area contributed by atoms with E-state index in [1.807, 2.05) is 4.90 Å². The molecule has 2 rings (SSSR count). The van der Waals surface area contributed by atoms with Gasteiger partial charge in [-0.15, -0.1) is 0 Å². The first-order valence-electron chi connectivity index (χ1n) is 16.3. The van der Waals surface area contributed by atoms with E-state index in [0.29, 0.717) is 12.1 Å². The molecule has 1 heterocycles. The molecule has 0 saturated heterocycles. The number of nitrogens with one attached hydrogen (secondary N) is 2. The highest BCUT2D eigenvalue weighted by molar-refractivity contribution is 7.81. The molecule has 2 amide bonds. The predicted octanol–water partition coefficient (Wildman–Crippen LogP) is 1.15. The van der Waals surface area contributed by atoms with Crippen molar-refractivity contribution in [2.24, 2.45) is 17.6 Å². The molecule has 0 radical (unpaired) electrons. The van der Waals surface area contributed by atoms with Crippen molar-refractivity contribution in [2.45, 2.75) is 77.2 Å². The fraction of sp³-hybridized carbons (Fsp3) is 0.625. The fourth-order valence-electron chi connectivity index (χ4n) is 5.88. The van der Waals surface area contributed by atoms with Crippen LogP contribution in [0.5, 0.6) is 0 Å². The number of nitrogens with zero attached hydrogens (tertiary/aromatic N) is 1. The first-order chi connectivity index (χ1) is 24.1. The zero-order valence-electron chi connectivity index (χ0n) is 30.5. The lowest BCUT2D eigenvalue weighted by Crippen LogP contribution is -2.44. The number of allylic oxidation sites excluding steroid dienone is 2. The van der Waals surface area contributed by atoms with E-state index in [9.17, 15) is 40.6 Å². The maximum atomic E-state index is 13.5. The maximum Gasteiger partial charge on any atom is 0.405 e. The van der Waals surface area contributed by atoms with Crippen LogP contribution in [0, 0.1) is 11.8 Å². The van der Waals surface area contributed by atoms with Gasteiger partial charge in [-0.2, -0.15) is 16.8 Å². The Hall–Kier alpha value is -3.18. The monoisotopic (exact) mass is 780 g/mol. The molecule has 18 nitrogen and oxygen atoms in total. The van der Waals surface area contributed by atoms with Crippen molar-refractivity contribution in [3.05, 3.63) is 58.5 Å². The molecule has 0 aromatic carbocycles. The van der Waals surface area contributed by atoms with Gasteiger partial charge in [0.25, 0.3) is 5.91 Å². The molecule has 0 aromatic heterocycles. The van der Waals surface area contributed by atoms with Gasteiger partial charge in [-0.1, -0.05) is 38.2 Å². The molecule has 296 valence electrons. The molecule has 7 N–H and O–H groups in total. The summed E-state index contributed by atoms with van der Waals surface area (Å²) in [5, 5.41) is 17.0. The van der Waals surface area contributed by atoms with Crippen molar-refractivity contribution in [1.29, 1.82) is 0 Å². The lowest BCUT2D eigenvalue weighted by molar-refractivity contribution is -0.117. The van der Waals surface area contributed by atoms with E-state index in [-0.39, 0.29) is 41.9 Å². The van der Waals surface area contributed by atoms with Crippen molar-refractivity contribution < 1.29 is 63.2 Å². The van der Waals surface area contributed by atoms with Gasteiger partial charge in [0.1, 0.15) is 18.3 Å². The molecule has 1 aliphatic carbocycles. The molecule has 8 atom stereocenters. The largest absolute Gasteiger partial charge is 0.439 e. The number of amides is 2. The Labute approximate surface area is 305 Å². The molecule has 0 aromatic rings. The third-order valence-electron chi connectivity index (χ3n) is 8.35. The van der Waals surface area contributed by atoms with Gasteiger partial charge < -0.3 is 40.6 Å². The van der Waals surface area contributed by atoms with Crippen LogP contribution < -0.4 is 16.4 Å². The second kappa shape index (κ2) is 19.8. The van der Waals surface area contributed by atoms with Gasteiger partial charge in [0.2, 0.25) is 0 Å². The first kappa shape index (κ1) is 45.0. The van der Waals surface area contributed by atoms with E-state index in [1.54, 1.807) is 40.9 Å². The summed E-state index contributed by atoms with van der Waals surface area (Å²) in [4.78, 5) is 27.1. The Morgan fingerprint density at radius 2 is 1.69 bits per heavy atom. The number of rotatable bonds is 11. The molecule has 2 aliphatic rings. The number of hydrogen-bond donors (Lipinski definition) is 6. The molecule has 1 aliphatic heterocycles. The number of carbonyl (C=O) groups is 2. The Morgan fingerprint density at radius 1 is 1.06 bits per heavy atom. The standard InChI is InChI=1S/C32H52N4O14S2/c1-18-14-22-27(34-12-13-36(5)6)25(49-51(40,41)42)17-23(30(22)50-52(43,44)45)35-31(38)19(2)10-9-11-24(46-7)29(48-32(33)39)21(4)16-20(3)28(37)26(15-18)47-8/h9-11,16-18,20,24-26,28-30,34,37H,12-15H2,1-8H3,(H2,33,39)(H,35,38)(H,40,41,42)(H,43,44,45)/b11-9+,19-10-,21-16+/t18-,20+,24+,25?,26+,28-,29-,30?/m1/s1. The Bertz CT molecular complexity index is 1640. The molecule has 2 unspecified atom stereocenters. The van der Waals surface area contributed by atoms with Crippen LogP contribution in [0.2, 0.25) is 0 Å². The number of primary amides is 1. The van der Waals surface area contributed by atoms with Gasteiger partial charge in [0, 0.05) is 44.5 Å². The fourth-order valence-corrected chi connectivity index (χ4v) is 6.75. The zero-order chi connectivity index (χ0) is 39.6. The molecule has 20 heteroatoms. The van der Waals surface area contributed by atoms with E-state index in [1.165, 1.54) is 39.4 Å². The van der Waals surface area contributed by atoms with Crippen molar-refractivity contribution in [2.75, 3.05) is 41.4 Å². The Kier molecular flexibility index (Phi) is 17.1. The number of aliphatic hydroxyl groups is 1. The predicted molar refractivity (Wildman–Crippen MR) is 189 cm³/mol. The number of nitrogens with two attached hydrogens (primary N) is 1. The number of aliphatic hydroxyl groups excluding tert-OH is 1. The van der Waals surface area contributed by atoms with Gasteiger partial charge in [-0.25, -0.2) is 13.2 Å². The van der Waals surface area contributed by atoms with Crippen LogP contribution in [-0.2, 0) is 48.2 Å². The summed E-state index contributed by atoms with van der Waals surface area (Å²) in [7, 11) is -4.02. The minimum Gasteiger partial charge on any atom is -0.439 e. The van der Waals surface area contributed by atoms with Crippen molar-refractivity contribution in [3.8, 4) is 0 Å². The lowest BCUT2D eigenvalue weighted by Gasteiger charge is -2.35. The lowest BCUT2D eigenvalue weighted by atomic mass is 9.84. The van der Waals surface area contributed by atoms with Crippen LogP contribution >= 0.6 is 0 Å². The van der Waals surface area contributed by atoms with E-state index in [0.717, 1.165) is 6.08 Å². The number of ether oxygens (including phenoxy) is 3.